The Hall–Kier alpha value is -2.57. The monoisotopic (exact) mass is 325 g/mol. The number of carbonyl (C=O) groups excluding carboxylic acids is 2. The van der Waals surface area contributed by atoms with Crippen LogP contribution in [0.3, 0.4) is 0 Å². The molecular weight excluding hydrogens is 302 g/mol. The molecule has 0 heterocycles. The summed E-state index contributed by atoms with van der Waals surface area (Å²) in [5.41, 5.74) is 0.311. The van der Waals surface area contributed by atoms with E-state index >= 15 is 0 Å². The van der Waals surface area contributed by atoms with E-state index in [1.165, 1.54) is 0 Å². The van der Waals surface area contributed by atoms with Gasteiger partial charge in [-0.2, -0.15) is 0 Å². The van der Waals surface area contributed by atoms with Crippen LogP contribution >= 0.6 is 0 Å². The number of hydrogen-bond acceptors (Lipinski definition) is 5. The summed E-state index contributed by atoms with van der Waals surface area (Å²) in [4.78, 5) is 31.7. The van der Waals surface area contributed by atoms with Gasteiger partial charge in [0.1, 0.15) is 18.8 Å². The highest BCUT2D eigenvalue weighted by Gasteiger charge is 2.16. The molecule has 0 bridgehead atoms. The highest BCUT2D eigenvalue weighted by molar-refractivity contribution is 5.78. The molecule has 0 saturated heterocycles. The average Bonchev–Trinajstić information content (AvgIpc) is 2.41. The first-order valence-electron chi connectivity index (χ1n) is 6.96. The van der Waals surface area contributed by atoms with E-state index in [0.29, 0.717) is 0 Å². The highest BCUT2D eigenvalue weighted by atomic mass is 16.6. The van der Waals surface area contributed by atoms with Gasteiger partial charge in [-0.1, -0.05) is 30.3 Å². The summed E-state index contributed by atoms with van der Waals surface area (Å²) in [5.74, 6) is -1.34. The molecule has 0 saturated carbocycles. The molecule has 0 atom stereocenters. The fourth-order valence-corrected chi connectivity index (χ4v) is 1.25. The Morgan fingerprint density at radius 1 is 1.13 bits per heavy atom. The second-order valence-electron chi connectivity index (χ2n) is 5.52. The van der Waals surface area contributed by atoms with Gasteiger partial charge >= 0.3 is 12.1 Å². The zero-order valence-electron chi connectivity index (χ0n) is 13.8. The minimum atomic E-state index is -0.833. The van der Waals surface area contributed by atoms with Crippen molar-refractivity contribution in [2.45, 2.75) is 39.9 Å². The van der Waals surface area contributed by atoms with Gasteiger partial charge in [0.15, 0.2) is 0 Å². The Morgan fingerprint density at radius 2 is 1.65 bits per heavy atom. The SMILES string of the molecule is CC(=O)O.CC(C)(C)OC(=O)NCC(=O)OCc1ccccc1. The van der Waals surface area contributed by atoms with Crippen LogP contribution in [0.5, 0.6) is 0 Å². The van der Waals surface area contributed by atoms with Crippen LogP contribution in [0.25, 0.3) is 0 Å². The largest absolute Gasteiger partial charge is 0.481 e. The van der Waals surface area contributed by atoms with Gasteiger partial charge in [0.25, 0.3) is 5.97 Å². The smallest absolute Gasteiger partial charge is 0.408 e. The van der Waals surface area contributed by atoms with Crippen LogP contribution in [-0.4, -0.2) is 35.3 Å². The van der Waals surface area contributed by atoms with Crippen molar-refractivity contribution in [1.29, 1.82) is 0 Å². The Kier molecular flexibility index (Phi) is 9.07. The predicted molar refractivity (Wildman–Crippen MR) is 83.8 cm³/mol. The molecule has 1 amide bonds. The lowest BCUT2D eigenvalue weighted by atomic mass is 10.2. The molecule has 0 fully saturated rings. The van der Waals surface area contributed by atoms with E-state index in [1.807, 2.05) is 30.3 Å². The van der Waals surface area contributed by atoms with E-state index in [2.05, 4.69) is 5.32 Å². The van der Waals surface area contributed by atoms with E-state index in [0.717, 1.165) is 12.5 Å². The summed E-state index contributed by atoms with van der Waals surface area (Å²) < 4.78 is 9.99. The van der Waals surface area contributed by atoms with Crippen LogP contribution in [0.15, 0.2) is 30.3 Å². The van der Waals surface area contributed by atoms with Crippen LogP contribution < -0.4 is 5.32 Å². The predicted octanol–water partition coefficient (Wildman–Crippen LogP) is 2.35. The van der Waals surface area contributed by atoms with Crippen LogP contribution in [0.2, 0.25) is 0 Å². The van der Waals surface area contributed by atoms with Crippen LogP contribution in [0.1, 0.15) is 33.3 Å². The van der Waals surface area contributed by atoms with Crippen molar-refractivity contribution in [1.82, 2.24) is 5.32 Å². The normalized spacial score (nSPS) is 9.91. The van der Waals surface area contributed by atoms with Gasteiger partial charge in [0, 0.05) is 6.92 Å². The minimum absolute atomic E-state index is 0.190. The second-order valence-corrected chi connectivity index (χ2v) is 5.52. The Bertz CT molecular complexity index is 503. The molecule has 7 heteroatoms. The number of alkyl carbamates (subject to hydrolysis) is 1. The average molecular weight is 325 g/mol. The van der Waals surface area contributed by atoms with Crippen LogP contribution in [0, 0.1) is 0 Å². The van der Waals surface area contributed by atoms with Crippen LogP contribution in [-0.2, 0) is 25.7 Å². The van der Waals surface area contributed by atoms with Crippen LogP contribution in [0.4, 0.5) is 4.79 Å². The highest BCUT2D eigenvalue weighted by Crippen LogP contribution is 2.06. The molecule has 1 aromatic rings. The molecule has 23 heavy (non-hydrogen) atoms. The third kappa shape index (κ3) is 14.1. The first-order valence-corrected chi connectivity index (χ1v) is 6.96. The van der Waals surface area contributed by atoms with E-state index in [-0.39, 0.29) is 13.2 Å². The molecule has 0 aliphatic carbocycles. The lowest BCUT2D eigenvalue weighted by Crippen LogP contribution is -2.36. The first-order chi connectivity index (χ1) is 10.6. The molecule has 0 aliphatic rings. The van der Waals surface area contributed by atoms with Gasteiger partial charge in [-0.05, 0) is 26.3 Å². The number of nitrogens with one attached hydrogen (secondary N) is 1. The maximum Gasteiger partial charge on any atom is 0.408 e. The van der Waals surface area contributed by atoms with Crippen molar-refractivity contribution in [3.8, 4) is 0 Å². The summed E-state index contributed by atoms with van der Waals surface area (Å²) in [6, 6.07) is 9.32. The molecule has 128 valence electrons. The number of amides is 1. The molecule has 1 aromatic carbocycles. The van der Waals surface area contributed by atoms with Gasteiger partial charge < -0.3 is 19.9 Å². The van der Waals surface area contributed by atoms with Crippen molar-refractivity contribution in [2.24, 2.45) is 0 Å². The van der Waals surface area contributed by atoms with Gasteiger partial charge in [0.05, 0.1) is 0 Å². The first kappa shape index (κ1) is 20.4. The number of hydrogen-bond donors (Lipinski definition) is 2. The van der Waals surface area contributed by atoms with E-state index in [4.69, 9.17) is 19.4 Å². The molecule has 0 aromatic heterocycles. The summed E-state index contributed by atoms with van der Waals surface area (Å²) in [6.45, 7) is 6.32. The maximum absolute atomic E-state index is 11.4. The fourth-order valence-electron chi connectivity index (χ4n) is 1.25. The summed E-state index contributed by atoms with van der Waals surface area (Å²) >= 11 is 0. The maximum atomic E-state index is 11.4. The standard InChI is InChI=1S/C14H19NO4.C2H4O2/c1-14(2,3)19-13(17)15-9-12(16)18-10-11-7-5-4-6-8-11;1-2(3)4/h4-8H,9-10H2,1-3H3,(H,15,17);1H3,(H,3,4). The fraction of sp³-hybridized carbons (Fsp3) is 0.438. The van der Waals surface area contributed by atoms with E-state index < -0.39 is 23.6 Å². The third-order valence-corrected chi connectivity index (χ3v) is 2.02. The van der Waals surface area contributed by atoms with E-state index in [1.54, 1.807) is 20.8 Å². The van der Waals surface area contributed by atoms with Crippen molar-refractivity contribution in [2.75, 3.05) is 6.54 Å². The summed E-state index contributed by atoms with van der Waals surface area (Å²) in [5, 5.41) is 9.76. The lowest BCUT2D eigenvalue weighted by molar-refractivity contribution is -0.143. The molecule has 0 spiro atoms. The number of esters is 1. The van der Waals surface area contributed by atoms with Crippen molar-refractivity contribution in [3.05, 3.63) is 35.9 Å². The number of carboxylic acid groups (broad SMARTS) is 1. The number of carboxylic acids is 1. The molecule has 0 aliphatic heterocycles. The topological polar surface area (TPSA) is 102 Å². The number of carbonyl (C=O) groups is 3. The van der Waals surface area contributed by atoms with Gasteiger partial charge in [-0.25, -0.2) is 4.79 Å². The number of ether oxygens (including phenoxy) is 2. The molecule has 7 nitrogen and oxygen atoms in total. The minimum Gasteiger partial charge on any atom is -0.481 e. The quantitative estimate of drug-likeness (QED) is 0.824. The summed E-state index contributed by atoms with van der Waals surface area (Å²) in [7, 11) is 0. The Morgan fingerprint density at radius 3 is 2.13 bits per heavy atom. The van der Waals surface area contributed by atoms with Crippen molar-refractivity contribution >= 4 is 18.0 Å². The molecule has 0 unspecified atom stereocenters. The Labute approximate surface area is 135 Å². The molecule has 1 rings (SSSR count). The van der Waals surface area contributed by atoms with Gasteiger partial charge in [-0.15, -0.1) is 0 Å². The molecule has 0 radical (unpaired) electrons. The van der Waals surface area contributed by atoms with Crippen molar-refractivity contribution < 1.29 is 29.0 Å². The number of rotatable bonds is 4. The summed E-state index contributed by atoms with van der Waals surface area (Å²) in [6.07, 6.45) is -0.635. The zero-order chi connectivity index (χ0) is 17.9. The third-order valence-electron chi connectivity index (χ3n) is 2.02. The number of benzene rings is 1. The second kappa shape index (κ2) is 10.2. The van der Waals surface area contributed by atoms with E-state index in [9.17, 15) is 9.59 Å². The lowest BCUT2D eigenvalue weighted by Gasteiger charge is -2.19. The van der Waals surface area contributed by atoms with Gasteiger partial charge in [0.2, 0.25) is 0 Å². The van der Waals surface area contributed by atoms with Gasteiger partial charge in [-0.3, -0.25) is 9.59 Å². The number of aliphatic carboxylic acids is 1. The zero-order valence-corrected chi connectivity index (χ0v) is 13.8. The Balaban J connectivity index is 0.00000108. The van der Waals surface area contributed by atoms with Crippen molar-refractivity contribution in [3.63, 3.8) is 0 Å². The molecule has 2 N–H and O–H groups in total. The molecular formula is C16H23NO6.